The van der Waals surface area contributed by atoms with Crippen molar-refractivity contribution in [2.45, 2.75) is 0 Å². The normalized spacial score (nSPS) is 10.4. The van der Waals surface area contributed by atoms with Crippen LogP contribution in [-0.4, -0.2) is 0 Å². The maximum absolute atomic E-state index is 2.45. The monoisotopic (exact) mass is 755 g/mol. The van der Waals surface area contributed by atoms with E-state index in [9.17, 15) is 0 Å². The van der Waals surface area contributed by atoms with Gasteiger partial charge in [-0.05, 0) is 0 Å². The summed E-state index contributed by atoms with van der Waals surface area (Å²) in [4.78, 5) is 0. The zero-order chi connectivity index (χ0) is 14.7. The van der Waals surface area contributed by atoms with Crippen molar-refractivity contribution < 1.29 is 8.88 Å². The summed E-state index contributed by atoms with van der Waals surface area (Å²) in [6.45, 7) is 0. The van der Waals surface area contributed by atoms with Gasteiger partial charge in [-0.3, -0.25) is 0 Å². The molecule has 0 amide bonds. The predicted molar refractivity (Wildman–Crippen MR) is 111 cm³/mol. The summed E-state index contributed by atoms with van der Waals surface area (Å²) in [5, 5.41) is 0. The number of aromatic nitrogens is 2. The molecule has 0 saturated heterocycles. The Morgan fingerprint density at radius 3 is 0.895 bits per heavy atom. The van der Waals surface area contributed by atoms with E-state index in [1.807, 2.05) is 84.4 Å². The van der Waals surface area contributed by atoms with Gasteiger partial charge in [-0.2, -0.15) is 0 Å². The molecule has 2 aromatic rings. The van der Waals surface area contributed by atoms with Gasteiger partial charge < -0.3 is 0 Å². The molecule has 0 aliphatic rings. The zero-order valence-electron chi connectivity index (χ0n) is 10.5. The molecule has 2 rings (SSSR count). The molecule has 0 saturated carbocycles. The van der Waals surface area contributed by atoms with Crippen LogP contribution >= 0.6 is 81.7 Å². The predicted octanol–water partition coefficient (Wildman–Crippen LogP) is 4.56. The van der Waals surface area contributed by atoms with Crippen LogP contribution in [0.25, 0.3) is 0 Å². The fraction of sp³-hybridized carbons (Fsp3) is 0.167. The van der Waals surface area contributed by atoms with Crippen LogP contribution in [0.5, 0.6) is 0 Å². The molecule has 109 valence electrons. The number of hydrogen-bond acceptors (Lipinski definition) is 0. The van der Waals surface area contributed by atoms with Gasteiger partial charge in [0.05, 0.1) is 0 Å². The Balaban J connectivity index is 0.000000261. The zero-order valence-corrected chi connectivity index (χ0v) is 20.2. The van der Waals surface area contributed by atoms with Crippen molar-refractivity contribution in [3.63, 3.8) is 0 Å². The molecular formula is C12H16CoI4N2+2. The van der Waals surface area contributed by atoms with E-state index < -0.39 is -0.254 Å². The molecule has 0 unspecified atom stereocenters. The second-order valence-electron chi connectivity index (χ2n) is 3.37. The van der Waals surface area contributed by atoms with E-state index in [0.29, 0.717) is 0 Å². The van der Waals surface area contributed by atoms with Crippen LogP contribution in [-0.2, 0) is 13.8 Å². The average Bonchev–Trinajstić information content (AvgIpc) is 2.29. The van der Waals surface area contributed by atoms with E-state index in [4.69, 9.17) is 0 Å². The standard InChI is InChI=1S/2C6H8N.Co.4HI/c2*1-7-5-3-2-4-6-7;;;;;/h2*2-6H,1H3;;4*1H/q2*+1;+4;;;;/p-4. The molecule has 0 aliphatic heterocycles. The Kier molecular flexibility index (Phi) is 13.4. The molecule has 0 bridgehead atoms. The fourth-order valence-corrected chi connectivity index (χ4v) is 0.969. The van der Waals surface area contributed by atoms with E-state index in [1.54, 1.807) is 0 Å². The molecular weight excluding hydrogens is 739 g/mol. The van der Waals surface area contributed by atoms with Gasteiger partial charge in [0.2, 0.25) is 0 Å². The summed E-state index contributed by atoms with van der Waals surface area (Å²) in [6, 6.07) is 12.0. The quantitative estimate of drug-likeness (QED) is 0.276. The van der Waals surface area contributed by atoms with Crippen molar-refractivity contribution in [1.82, 2.24) is 0 Å². The van der Waals surface area contributed by atoms with Gasteiger partial charge in [-0.25, -0.2) is 9.13 Å². The number of halogens is 4. The molecule has 7 heteroatoms. The molecule has 2 heterocycles. The van der Waals surface area contributed by atoms with Crippen LogP contribution in [0.4, 0.5) is 0 Å². The molecule has 0 aliphatic carbocycles. The number of rotatable bonds is 0. The van der Waals surface area contributed by atoms with Gasteiger partial charge in [-0.1, -0.05) is 12.1 Å². The first kappa shape index (κ1) is 20.7. The van der Waals surface area contributed by atoms with E-state index in [1.165, 1.54) is 0 Å². The molecule has 0 fully saturated rings. The summed E-state index contributed by atoms with van der Waals surface area (Å²) in [7, 11) is 4.00. The molecule has 0 aromatic carbocycles. The van der Waals surface area contributed by atoms with Crippen LogP contribution in [0.1, 0.15) is 0 Å². The fourth-order valence-electron chi connectivity index (χ4n) is 0.969. The third-order valence-electron chi connectivity index (χ3n) is 1.73. The number of aryl methyl sites for hydroxylation is 2. The minimum absolute atomic E-state index is 0.495. The van der Waals surface area contributed by atoms with E-state index in [-0.39, 0.29) is 0 Å². The maximum atomic E-state index is 2.45. The van der Waals surface area contributed by atoms with Crippen LogP contribution < -0.4 is 9.13 Å². The summed E-state index contributed by atoms with van der Waals surface area (Å²) in [6.07, 6.45) is 8.00. The van der Waals surface area contributed by atoms with Crippen molar-refractivity contribution in [2.75, 3.05) is 0 Å². The summed E-state index contributed by atoms with van der Waals surface area (Å²) in [5.41, 5.74) is 0. The Labute approximate surface area is 163 Å². The second kappa shape index (κ2) is 12.3. The van der Waals surface area contributed by atoms with Crippen molar-refractivity contribution in [3.8, 4) is 0 Å². The Morgan fingerprint density at radius 1 is 0.579 bits per heavy atom. The van der Waals surface area contributed by atoms with Crippen LogP contribution in [0.2, 0.25) is 0 Å². The summed E-state index contributed by atoms with van der Waals surface area (Å²) < 4.78 is 3.50. The number of nitrogens with zero attached hydrogens (tertiary/aromatic N) is 2. The van der Waals surface area contributed by atoms with Crippen molar-refractivity contribution in [2.24, 2.45) is 14.1 Å². The first-order valence-electron chi connectivity index (χ1n) is 5.10. The summed E-state index contributed by atoms with van der Waals surface area (Å²) in [5.74, 6) is 0. The van der Waals surface area contributed by atoms with E-state index in [2.05, 4.69) is 81.7 Å². The topological polar surface area (TPSA) is 7.76 Å². The van der Waals surface area contributed by atoms with Crippen LogP contribution in [0, 0.1) is 0 Å². The van der Waals surface area contributed by atoms with Crippen LogP contribution in [0.3, 0.4) is 0 Å². The molecule has 2 aromatic heterocycles. The molecule has 0 N–H and O–H groups in total. The molecule has 0 spiro atoms. The van der Waals surface area contributed by atoms with Gasteiger partial charge in [0.15, 0.2) is 24.8 Å². The SMILES string of the molecule is C[n+]1ccccc1.C[n+]1ccccc1.[I][Co]([I])([I])[I]. The number of pyridine rings is 2. The third kappa shape index (κ3) is 19.7. The van der Waals surface area contributed by atoms with Gasteiger partial charge in [0.1, 0.15) is 14.1 Å². The Bertz CT molecular complexity index is 391. The Morgan fingerprint density at radius 2 is 0.789 bits per heavy atom. The van der Waals surface area contributed by atoms with Crippen molar-refractivity contribution in [3.05, 3.63) is 61.2 Å². The van der Waals surface area contributed by atoms with Crippen molar-refractivity contribution >= 4 is 81.7 Å². The first-order valence-corrected chi connectivity index (χ1v) is 18.5. The van der Waals surface area contributed by atoms with E-state index >= 15 is 0 Å². The average molecular weight is 755 g/mol. The molecule has 0 atom stereocenters. The molecule has 19 heavy (non-hydrogen) atoms. The van der Waals surface area contributed by atoms with Crippen molar-refractivity contribution in [1.29, 1.82) is 0 Å². The third-order valence-corrected chi connectivity index (χ3v) is 1.73. The number of hydrogen-bond donors (Lipinski definition) is 0. The molecule has 0 radical (unpaired) electrons. The molecule has 2 nitrogen and oxygen atoms in total. The summed E-state index contributed by atoms with van der Waals surface area (Å²) >= 11 is 9.79. The van der Waals surface area contributed by atoms with Gasteiger partial charge in [-0.15, -0.1) is 0 Å². The van der Waals surface area contributed by atoms with Gasteiger partial charge in [0, 0.05) is 24.3 Å². The van der Waals surface area contributed by atoms with E-state index in [0.717, 1.165) is 0 Å². The minimum atomic E-state index is -0.495. The van der Waals surface area contributed by atoms with Crippen LogP contribution in [0.15, 0.2) is 61.2 Å². The Hall–Kier alpha value is 1.73. The van der Waals surface area contributed by atoms with Gasteiger partial charge in [0.25, 0.3) is 0 Å². The van der Waals surface area contributed by atoms with Gasteiger partial charge >= 0.3 is 81.4 Å². The second-order valence-corrected chi connectivity index (χ2v) is 56.1. The first-order chi connectivity index (χ1) is 8.79.